The van der Waals surface area contributed by atoms with Crippen molar-refractivity contribution >= 4 is 5.97 Å². The summed E-state index contributed by atoms with van der Waals surface area (Å²) in [6.45, 7) is 0. The summed E-state index contributed by atoms with van der Waals surface area (Å²) in [5.74, 6) is -0.132. The summed E-state index contributed by atoms with van der Waals surface area (Å²) in [6.07, 6.45) is 7.49. The number of aromatic nitrogens is 2. The number of carbonyl (C=O) groups is 1. The molecule has 0 amide bonds. The quantitative estimate of drug-likeness (QED) is 0.797. The number of hydrogen-bond acceptors (Lipinski definition) is 3. The van der Waals surface area contributed by atoms with E-state index in [1.165, 1.54) is 12.8 Å². The number of carboxylic acids is 1. The number of hydrogen-bond donors (Lipinski definition) is 1. The summed E-state index contributed by atoms with van der Waals surface area (Å²) in [4.78, 5) is 18.7. The Morgan fingerprint density at radius 2 is 2.33 bits per heavy atom. The molecule has 4 nitrogen and oxygen atoms in total. The van der Waals surface area contributed by atoms with Crippen molar-refractivity contribution in [2.45, 2.75) is 38.0 Å². The average molecular weight is 206 g/mol. The van der Waals surface area contributed by atoms with Gasteiger partial charge in [0.1, 0.15) is 6.33 Å². The van der Waals surface area contributed by atoms with Crippen LogP contribution < -0.4 is 0 Å². The molecule has 1 aliphatic carbocycles. The van der Waals surface area contributed by atoms with Gasteiger partial charge in [0, 0.05) is 18.5 Å². The lowest BCUT2D eigenvalue weighted by Gasteiger charge is -2.05. The van der Waals surface area contributed by atoms with Crippen LogP contribution in [0.2, 0.25) is 0 Å². The molecule has 0 bridgehead atoms. The minimum atomic E-state index is -0.736. The molecule has 1 N–H and O–H groups in total. The molecule has 1 fully saturated rings. The molecule has 0 spiro atoms. The lowest BCUT2D eigenvalue weighted by molar-refractivity contribution is -0.137. The standard InChI is InChI=1S/C11H14N2O2/c14-10(15)3-1-2-9-6-12-7-13-11(9)8-4-5-8/h6-8H,1-5H2,(H,14,15). The van der Waals surface area contributed by atoms with E-state index in [1.54, 1.807) is 6.33 Å². The van der Waals surface area contributed by atoms with E-state index in [1.807, 2.05) is 6.20 Å². The number of nitrogens with zero attached hydrogens (tertiary/aromatic N) is 2. The van der Waals surface area contributed by atoms with Gasteiger partial charge in [0.25, 0.3) is 0 Å². The van der Waals surface area contributed by atoms with Crippen molar-refractivity contribution in [3.8, 4) is 0 Å². The van der Waals surface area contributed by atoms with Crippen molar-refractivity contribution in [1.29, 1.82) is 0 Å². The molecule has 1 aromatic heterocycles. The molecule has 0 aromatic carbocycles. The molecule has 15 heavy (non-hydrogen) atoms. The van der Waals surface area contributed by atoms with Crippen LogP contribution in [-0.4, -0.2) is 21.0 Å². The Kier molecular flexibility index (Phi) is 2.94. The van der Waals surface area contributed by atoms with Gasteiger partial charge >= 0.3 is 5.97 Å². The smallest absolute Gasteiger partial charge is 0.303 e. The van der Waals surface area contributed by atoms with E-state index in [-0.39, 0.29) is 6.42 Å². The lowest BCUT2D eigenvalue weighted by Crippen LogP contribution is -2.00. The largest absolute Gasteiger partial charge is 0.481 e. The fourth-order valence-corrected chi connectivity index (χ4v) is 1.71. The van der Waals surface area contributed by atoms with Crippen molar-refractivity contribution < 1.29 is 9.90 Å². The van der Waals surface area contributed by atoms with E-state index in [2.05, 4.69) is 9.97 Å². The Hall–Kier alpha value is -1.45. The fraction of sp³-hybridized carbons (Fsp3) is 0.545. The Labute approximate surface area is 88.4 Å². The van der Waals surface area contributed by atoms with Crippen LogP contribution >= 0.6 is 0 Å². The molecular weight excluding hydrogens is 192 g/mol. The van der Waals surface area contributed by atoms with Crippen LogP contribution in [0.3, 0.4) is 0 Å². The zero-order valence-corrected chi connectivity index (χ0v) is 8.52. The van der Waals surface area contributed by atoms with Gasteiger partial charge < -0.3 is 5.11 Å². The van der Waals surface area contributed by atoms with E-state index in [4.69, 9.17) is 5.11 Å². The molecule has 2 rings (SSSR count). The molecule has 1 saturated carbocycles. The van der Waals surface area contributed by atoms with Crippen LogP contribution in [0.15, 0.2) is 12.5 Å². The first-order valence-corrected chi connectivity index (χ1v) is 5.28. The van der Waals surface area contributed by atoms with E-state index < -0.39 is 5.97 Å². The molecule has 1 aromatic rings. The van der Waals surface area contributed by atoms with Gasteiger partial charge in [-0.15, -0.1) is 0 Å². The summed E-state index contributed by atoms with van der Waals surface area (Å²) < 4.78 is 0. The first-order chi connectivity index (χ1) is 7.27. The van der Waals surface area contributed by atoms with Crippen molar-refractivity contribution in [3.05, 3.63) is 23.8 Å². The molecule has 0 atom stereocenters. The Bertz CT molecular complexity index is 361. The number of aliphatic carboxylic acids is 1. The maximum absolute atomic E-state index is 10.4. The van der Waals surface area contributed by atoms with E-state index in [0.29, 0.717) is 12.3 Å². The SMILES string of the molecule is O=C(O)CCCc1cncnc1C1CC1. The average Bonchev–Trinajstić information content (AvgIpc) is 3.01. The second-order valence-corrected chi connectivity index (χ2v) is 3.95. The molecular formula is C11H14N2O2. The third kappa shape index (κ3) is 2.75. The Morgan fingerprint density at radius 3 is 3.00 bits per heavy atom. The highest BCUT2D eigenvalue weighted by Gasteiger charge is 2.27. The minimum absolute atomic E-state index is 0.221. The summed E-state index contributed by atoms with van der Waals surface area (Å²) in [7, 11) is 0. The number of aryl methyl sites for hydroxylation is 1. The van der Waals surface area contributed by atoms with Gasteiger partial charge in [0.05, 0.1) is 5.69 Å². The highest BCUT2D eigenvalue weighted by molar-refractivity contribution is 5.66. The molecule has 0 radical (unpaired) electrons. The molecule has 1 heterocycles. The first kappa shape index (κ1) is 10.1. The Morgan fingerprint density at radius 1 is 1.53 bits per heavy atom. The van der Waals surface area contributed by atoms with Crippen LogP contribution in [0.25, 0.3) is 0 Å². The highest BCUT2D eigenvalue weighted by atomic mass is 16.4. The lowest BCUT2D eigenvalue weighted by atomic mass is 10.1. The Balaban J connectivity index is 1.97. The van der Waals surface area contributed by atoms with Gasteiger partial charge in [0.2, 0.25) is 0 Å². The number of rotatable bonds is 5. The first-order valence-electron chi connectivity index (χ1n) is 5.28. The third-order valence-corrected chi connectivity index (χ3v) is 2.62. The van der Waals surface area contributed by atoms with Gasteiger partial charge in [-0.25, -0.2) is 9.97 Å². The molecule has 0 saturated heterocycles. The van der Waals surface area contributed by atoms with Crippen LogP contribution in [-0.2, 0) is 11.2 Å². The topological polar surface area (TPSA) is 63.1 Å². The zero-order chi connectivity index (χ0) is 10.7. The molecule has 1 aliphatic rings. The summed E-state index contributed by atoms with van der Waals surface area (Å²) in [5.41, 5.74) is 2.26. The van der Waals surface area contributed by atoms with E-state index in [9.17, 15) is 4.79 Å². The zero-order valence-electron chi connectivity index (χ0n) is 8.52. The predicted molar refractivity (Wildman–Crippen MR) is 54.6 cm³/mol. The van der Waals surface area contributed by atoms with E-state index in [0.717, 1.165) is 17.7 Å². The predicted octanol–water partition coefficient (Wildman–Crippen LogP) is 1.76. The third-order valence-electron chi connectivity index (χ3n) is 2.62. The van der Waals surface area contributed by atoms with Crippen LogP contribution in [0, 0.1) is 0 Å². The summed E-state index contributed by atoms with van der Waals surface area (Å²) in [6, 6.07) is 0. The maximum atomic E-state index is 10.4. The van der Waals surface area contributed by atoms with Crippen LogP contribution in [0.1, 0.15) is 42.9 Å². The minimum Gasteiger partial charge on any atom is -0.481 e. The molecule has 4 heteroatoms. The highest BCUT2D eigenvalue weighted by Crippen LogP contribution is 2.40. The summed E-state index contributed by atoms with van der Waals surface area (Å²) in [5, 5.41) is 8.55. The van der Waals surface area contributed by atoms with Gasteiger partial charge in [-0.1, -0.05) is 0 Å². The number of carboxylic acid groups (broad SMARTS) is 1. The van der Waals surface area contributed by atoms with Crippen molar-refractivity contribution in [3.63, 3.8) is 0 Å². The fourth-order valence-electron chi connectivity index (χ4n) is 1.71. The van der Waals surface area contributed by atoms with Gasteiger partial charge in [-0.2, -0.15) is 0 Å². The van der Waals surface area contributed by atoms with Gasteiger partial charge in [-0.05, 0) is 31.2 Å². The van der Waals surface area contributed by atoms with Gasteiger partial charge in [0.15, 0.2) is 0 Å². The second-order valence-electron chi connectivity index (χ2n) is 3.95. The maximum Gasteiger partial charge on any atom is 0.303 e. The second kappa shape index (κ2) is 4.38. The van der Waals surface area contributed by atoms with E-state index >= 15 is 0 Å². The monoisotopic (exact) mass is 206 g/mol. The van der Waals surface area contributed by atoms with Gasteiger partial charge in [-0.3, -0.25) is 4.79 Å². The molecule has 80 valence electrons. The molecule has 0 unspecified atom stereocenters. The summed E-state index contributed by atoms with van der Waals surface area (Å²) >= 11 is 0. The van der Waals surface area contributed by atoms with Crippen LogP contribution in [0.5, 0.6) is 0 Å². The normalized spacial score (nSPS) is 15.2. The van der Waals surface area contributed by atoms with Crippen LogP contribution in [0.4, 0.5) is 0 Å². The van der Waals surface area contributed by atoms with Crippen molar-refractivity contribution in [2.75, 3.05) is 0 Å². The molecule has 0 aliphatic heterocycles. The van der Waals surface area contributed by atoms with Crippen molar-refractivity contribution in [2.24, 2.45) is 0 Å². The van der Waals surface area contributed by atoms with Crippen molar-refractivity contribution in [1.82, 2.24) is 9.97 Å².